The Morgan fingerprint density at radius 2 is 0.769 bits per heavy atom. The maximum atomic E-state index is 14.9. The molecule has 0 amide bonds. The molecule has 5 aromatic carbocycles. The molecule has 7 aromatic rings. The Bertz CT molecular complexity index is 2650. The van der Waals surface area contributed by atoms with Gasteiger partial charge in [-0.25, -0.2) is 45.1 Å². The van der Waals surface area contributed by atoms with Gasteiger partial charge >= 0.3 is 12.4 Å². The second-order valence-electron chi connectivity index (χ2n) is 10.7. The molecule has 0 saturated heterocycles. The van der Waals surface area contributed by atoms with Crippen molar-refractivity contribution in [2.24, 2.45) is 0 Å². The Morgan fingerprint density at radius 1 is 0.481 bits per heavy atom. The first-order chi connectivity index (χ1) is 24.1. The summed E-state index contributed by atoms with van der Waals surface area (Å²) in [5.74, 6) is -27.0. The number of alkyl halides is 6. The van der Waals surface area contributed by atoms with Gasteiger partial charge in [-0.05, 0) is 12.1 Å². The summed E-state index contributed by atoms with van der Waals surface area (Å²) >= 11 is 0.409. The number of hydrogen-bond acceptors (Lipinski definition) is 8. The van der Waals surface area contributed by atoms with Crippen LogP contribution in [0.4, 0.5) is 61.5 Å². The summed E-state index contributed by atoms with van der Waals surface area (Å²) < 4.78 is 194. The number of Topliss-reactive ketones (excluding diaryl/α,β-unsaturated/α-hetero) is 2. The lowest BCUT2D eigenvalue weighted by Crippen LogP contribution is -2.26. The third kappa shape index (κ3) is 4.68. The monoisotopic (exact) mass is 784 g/mol. The van der Waals surface area contributed by atoms with E-state index in [4.69, 9.17) is 0 Å². The lowest BCUT2D eigenvalue weighted by Gasteiger charge is -2.11. The van der Waals surface area contributed by atoms with Crippen LogP contribution in [0.3, 0.4) is 0 Å². The summed E-state index contributed by atoms with van der Waals surface area (Å²) in [4.78, 5) is 56.7. The fraction of sp³-hybridized carbons (Fsp3) is 0.0667. The summed E-state index contributed by atoms with van der Waals surface area (Å²) in [5.41, 5.74) is -11.8. The minimum absolute atomic E-state index is 0.164. The average Bonchev–Trinajstić information content (AvgIpc) is 3.80. The molecule has 0 N–H and O–H groups in total. The van der Waals surface area contributed by atoms with Crippen LogP contribution in [0.5, 0.6) is 0 Å². The summed E-state index contributed by atoms with van der Waals surface area (Å²) in [6, 6.07) is 2.04. The van der Waals surface area contributed by atoms with Crippen molar-refractivity contribution in [2.75, 3.05) is 0 Å². The highest BCUT2D eigenvalue weighted by Crippen LogP contribution is 2.43. The highest BCUT2D eigenvalue weighted by atomic mass is 32.1. The third-order valence-electron chi connectivity index (χ3n) is 7.74. The lowest BCUT2D eigenvalue weighted by atomic mass is 10.0. The van der Waals surface area contributed by atoms with Gasteiger partial charge in [-0.1, -0.05) is 0 Å². The van der Waals surface area contributed by atoms with Gasteiger partial charge in [-0.2, -0.15) is 26.3 Å². The van der Waals surface area contributed by atoms with Crippen molar-refractivity contribution in [3.63, 3.8) is 0 Å². The molecule has 52 heavy (non-hydrogen) atoms. The highest BCUT2D eigenvalue weighted by molar-refractivity contribution is 7.23. The van der Waals surface area contributed by atoms with Gasteiger partial charge in [0.05, 0.1) is 20.5 Å². The molecule has 2 heterocycles. The van der Waals surface area contributed by atoms with E-state index in [9.17, 15) is 80.6 Å². The highest BCUT2D eigenvalue weighted by Gasteiger charge is 2.46. The van der Waals surface area contributed by atoms with E-state index in [1.54, 1.807) is 0 Å². The van der Waals surface area contributed by atoms with Gasteiger partial charge in [-0.3, -0.25) is 19.2 Å². The number of carbonyl (C=O) groups is 2. The van der Waals surface area contributed by atoms with Crippen LogP contribution in [0, 0.1) is 46.5 Å². The molecule has 0 radical (unpaired) electrons. The van der Waals surface area contributed by atoms with Crippen molar-refractivity contribution >= 4 is 76.2 Å². The topological polar surface area (TPSA) is 94.1 Å². The zero-order valence-corrected chi connectivity index (χ0v) is 25.4. The number of carbonyl (C=O) groups excluding carboxylic acids is 2. The Morgan fingerprint density at radius 3 is 1.04 bits per heavy atom. The molecule has 0 saturated carbocycles. The number of halogens is 14. The van der Waals surface area contributed by atoms with Crippen molar-refractivity contribution < 1.29 is 71.1 Å². The van der Waals surface area contributed by atoms with E-state index in [1.807, 2.05) is 0 Å². The SMILES string of the molecule is O=C(c1c(F)c(F)c(-c2nc3c(=O)c4cc5c(cc4c3s2)c(=O)c2nc(-c3c(F)c(F)c(C(=O)C(F)(F)F)c(F)c3F)sc25)c(F)c1F)C(F)(F)F. The predicted molar refractivity (Wildman–Crippen MR) is 154 cm³/mol. The third-order valence-corrected chi connectivity index (χ3v) is 9.96. The molecule has 0 aliphatic rings. The van der Waals surface area contributed by atoms with Gasteiger partial charge in [0.1, 0.15) is 32.2 Å². The van der Waals surface area contributed by atoms with E-state index in [0.717, 1.165) is 12.1 Å². The Kier molecular flexibility index (Phi) is 7.45. The minimum Gasteiger partial charge on any atom is -0.287 e. The molecule has 0 spiro atoms. The van der Waals surface area contributed by atoms with E-state index in [0.29, 0.717) is 0 Å². The molecule has 0 atom stereocenters. The van der Waals surface area contributed by atoms with Gasteiger partial charge in [0, 0.05) is 21.5 Å². The van der Waals surface area contributed by atoms with E-state index in [2.05, 4.69) is 9.97 Å². The first kappa shape index (κ1) is 35.0. The molecule has 0 aliphatic heterocycles. The second kappa shape index (κ2) is 11.1. The van der Waals surface area contributed by atoms with Gasteiger partial charge in [0.2, 0.25) is 10.9 Å². The minimum atomic E-state index is -5.92. The molecule has 0 fully saturated rings. The number of benzene rings is 3. The van der Waals surface area contributed by atoms with Crippen LogP contribution >= 0.6 is 22.7 Å². The fourth-order valence-electron chi connectivity index (χ4n) is 5.45. The van der Waals surface area contributed by atoms with Crippen LogP contribution in [0.1, 0.15) is 20.7 Å². The molecular weight excluding hydrogens is 782 g/mol. The molecule has 2 aromatic heterocycles. The van der Waals surface area contributed by atoms with E-state index in [-0.39, 0.29) is 53.6 Å². The summed E-state index contributed by atoms with van der Waals surface area (Å²) in [6.45, 7) is 0. The first-order valence-electron chi connectivity index (χ1n) is 13.3. The van der Waals surface area contributed by atoms with Crippen LogP contribution in [-0.4, -0.2) is 33.9 Å². The zero-order valence-electron chi connectivity index (χ0n) is 23.8. The summed E-state index contributed by atoms with van der Waals surface area (Å²) in [6.07, 6.45) is -11.8. The number of nitrogens with zero attached hydrogens (tertiary/aromatic N) is 2. The lowest BCUT2D eigenvalue weighted by molar-refractivity contribution is -0.0893. The number of rotatable bonds is 4. The van der Waals surface area contributed by atoms with Crippen molar-refractivity contribution in [1.29, 1.82) is 0 Å². The average molecular weight is 784 g/mol. The standard InChI is InChI=1S/C30H2F14N2O4S2/c31-11-7(25(49)29(39,40)41)12(32)16(36)9(15(11)35)27-46-20-22(48)4-2-6-3(1-5(4)23(20)51-27)21(47)19-24(6)52-28(45-19)10-17(37)13(33)8(14(34)18(10)38)26(50)30(42,43)44/h1-2H. The molecule has 0 unspecified atom stereocenters. The zero-order chi connectivity index (χ0) is 38.3. The first-order valence-corrected chi connectivity index (χ1v) is 15.0. The molecule has 22 heteroatoms. The molecule has 6 nitrogen and oxygen atoms in total. The maximum absolute atomic E-state index is 14.9. The van der Waals surface area contributed by atoms with Gasteiger partial charge in [0.15, 0.2) is 46.5 Å². The summed E-state index contributed by atoms with van der Waals surface area (Å²) in [5, 5.41) is -2.84. The van der Waals surface area contributed by atoms with Crippen molar-refractivity contribution in [3.8, 4) is 21.1 Å². The maximum Gasteiger partial charge on any atom is 0.455 e. The molecule has 0 aliphatic carbocycles. The van der Waals surface area contributed by atoms with E-state index in [1.165, 1.54) is 0 Å². The van der Waals surface area contributed by atoms with E-state index >= 15 is 0 Å². The number of ketones is 2. The predicted octanol–water partition coefficient (Wildman–Crippen LogP) is 8.75. The van der Waals surface area contributed by atoms with Gasteiger partial charge in [0.25, 0.3) is 11.6 Å². The van der Waals surface area contributed by atoms with Crippen LogP contribution in [0.2, 0.25) is 0 Å². The van der Waals surface area contributed by atoms with Crippen LogP contribution in [0.25, 0.3) is 63.1 Å². The molecule has 0 bridgehead atoms. The molecule has 7 rings (SSSR count). The van der Waals surface area contributed by atoms with Gasteiger partial charge < -0.3 is 0 Å². The Balaban J connectivity index is 1.39. The van der Waals surface area contributed by atoms with Crippen LogP contribution in [0.15, 0.2) is 21.7 Å². The van der Waals surface area contributed by atoms with Crippen LogP contribution in [-0.2, 0) is 0 Å². The number of aromatic nitrogens is 2. The number of hydrogen-bond donors (Lipinski definition) is 0. The summed E-state index contributed by atoms with van der Waals surface area (Å²) in [7, 11) is 0. The molecular formula is C30H2F14N2O4S2. The van der Waals surface area contributed by atoms with Crippen molar-refractivity contribution in [3.05, 3.63) is 90.2 Å². The normalized spacial score (nSPS) is 12.7. The smallest absolute Gasteiger partial charge is 0.287 e. The number of thiazole rings is 2. The molecule has 266 valence electrons. The van der Waals surface area contributed by atoms with Gasteiger partial charge in [-0.15, -0.1) is 22.7 Å². The largest absolute Gasteiger partial charge is 0.455 e. The van der Waals surface area contributed by atoms with Crippen molar-refractivity contribution in [1.82, 2.24) is 9.97 Å². The second-order valence-corrected chi connectivity index (χ2v) is 12.7. The Labute approximate surface area is 280 Å². The van der Waals surface area contributed by atoms with E-state index < -0.39 is 125 Å². The van der Waals surface area contributed by atoms with Crippen LogP contribution < -0.4 is 10.9 Å². The fourth-order valence-corrected chi connectivity index (χ4v) is 7.71. The quantitative estimate of drug-likeness (QED) is 0.101. The number of fused-ring (bicyclic) bond motifs is 6. The van der Waals surface area contributed by atoms with Crippen molar-refractivity contribution in [2.45, 2.75) is 12.4 Å². The Hall–Kier alpha value is -5.38.